The lowest BCUT2D eigenvalue weighted by Crippen LogP contribution is -2.28. The molecule has 7 heteroatoms. The van der Waals surface area contributed by atoms with Crippen LogP contribution in [0.4, 0.5) is 0 Å². The van der Waals surface area contributed by atoms with Gasteiger partial charge in [-0.05, 0) is 30.2 Å². The van der Waals surface area contributed by atoms with Crippen LogP contribution in [-0.4, -0.2) is 37.6 Å². The van der Waals surface area contributed by atoms with Crippen LogP contribution in [0.25, 0.3) is 10.9 Å². The Labute approximate surface area is 151 Å². The molecule has 0 spiro atoms. The molecule has 6 nitrogen and oxygen atoms in total. The molecule has 0 saturated carbocycles. The Bertz CT molecular complexity index is 1090. The van der Waals surface area contributed by atoms with E-state index in [-0.39, 0.29) is 17.6 Å². The Kier molecular flexibility index (Phi) is 3.48. The van der Waals surface area contributed by atoms with Gasteiger partial charge in [0.25, 0.3) is 0 Å². The van der Waals surface area contributed by atoms with Crippen LogP contribution in [-0.2, 0) is 10.0 Å². The number of aromatic amines is 1. The van der Waals surface area contributed by atoms with E-state index in [4.69, 9.17) is 9.47 Å². The molecular weight excluding hydrogens is 352 g/mol. The highest BCUT2D eigenvalue weighted by atomic mass is 32.2. The lowest BCUT2D eigenvalue weighted by atomic mass is 9.98. The summed E-state index contributed by atoms with van der Waals surface area (Å²) in [6.07, 6.45) is 2.82. The SMILES string of the molecule is O=S(=O)(c1ccc2c(c1)OCO2)N1CCC(c2c[nH]c3ccccc23)C1. The first kappa shape index (κ1) is 15.7. The van der Waals surface area contributed by atoms with Gasteiger partial charge >= 0.3 is 0 Å². The standard InChI is InChI=1S/C19H18N2O4S/c22-26(23,14-5-6-18-19(9-14)25-12-24-18)21-8-7-13(11-21)16-10-20-17-4-2-1-3-15(16)17/h1-6,9-10,13,20H,7-8,11-12H2. The van der Waals surface area contributed by atoms with Gasteiger partial charge in [-0.15, -0.1) is 0 Å². The molecule has 2 aliphatic rings. The van der Waals surface area contributed by atoms with Gasteiger partial charge in [0.1, 0.15) is 0 Å². The first-order valence-electron chi connectivity index (χ1n) is 8.59. The number of hydrogen-bond acceptors (Lipinski definition) is 4. The number of para-hydroxylation sites is 1. The molecule has 2 aromatic carbocycles. The monoisotopic (exact) mass is 370 g/mol. The van der Waals surface area contributed by atoms with Crippen molar-refractivity contribution in [3.05, 3.63) is 54.2 Å². The van der Waals surface area contributed by atoms with Crippen molar-refractivity contribution < 1.29 is 17.9 Å². The van der Waals surface area contributed by atoms with Gasteiger partial charge in [0, 0.05) is 42.2 Å². The molecule has 0 aliphatic carbocycles. The Balaban J connectivity index is 1.43. The van der Waals surface area contributed by atoms with Gasteiger partial charge in [0.2, 0.25) is 16.8 Å². The van der Waals surface area contributed by atoms with E-state index >= 15 is 0 Å². The Hall–Kier alpha value is -2.51. The molecule has 3 aromatic rings. The van der Waals surface area contributed by atoms with Crippen molar-refractivity contribution in [2.24, 2.45) is 0 Å². The lowest BCUT2D eigenvalue weighted by molar-refractivity contribution is 0.174. The molecule has 26 heavy (non-hydrogen) atoms. The van der Waals surface area contributed by atoms with Gasteiger partial charge < -0.3 is 14.5 Å². The van der Waals surface area contributed by atoms with E-state index in [1.54, 1.807) is 22.5 Å². The number of fused-ring (bicyclic) bond motifs is 2. The molecule has 2 aliphatic heterocycles. The maximum absolute atomic E-state index is 13.0. The van der Waals surface area contributed by atoms with Crippen LogP contribution >= 0.6 is 0 Å². The van der Waals surface area contributed by atoms with Crippen LogP contribution in [0.5, 0.6) is 11.5 Å². The third-order valence-corrected chi connectivity index (χ3v) is 7.05. The van der Waals surface area contributed by atoms with Crippen LogP contribution in [0, 0.1) is 0 Å². The average molecular weight is 370 g/mol. The molecule has 5 rings (SSSR count). The third-order valence-electron chi connectivity index (χ3n) is 5.19. The molecule has 0 bridgehead atoms. The summed E-state index contributed by atoms with van der Waals surface area (Å²) in [5.41, 5.74) is 2.27. The molecule has 0 radical (unpaired) electrons. The van der Waals surface area contributed by atoms with Crippen LogP contribution in [0.2, 0.25) is 0 Å². The summed E-state index contributed by atoms with van der Waals surface area (Å²) >= 11 is 0. The lowest BCUT2D eigenvalue weighted by Gasteiger charge is -2.17. The number of aromatic nitrogens is 1. The maximum atomic E-state index is 13.0. The highest BCUT2D eigenvalue weighted by Crippen LogP contribution is 2.38. The second kappa shape index (κ2) is 5.75. The zero-order chi connectivity index (χ0) is 17.7. The van der Waals surface area contributed by atoms with Crippen molar-refractivity contribution >= 4 is 20.9 Å². The predicted molar refractivity (Wildman–Crippen MR) is 97.0 cm³/mol. The summed E-state index contributed by atoms with van der Waals surface area (Å²) < 4.78 is 38.2. The highest BCUT2D eigenvalue weighted by molar-refractivity contribution is 7.89. The van der Waals surface area contributed by atoms with Crippen molar-refractivity contribution in [3.63, 3.8) is 0 Å². The molecule has 1 fully saturated rings. The minimum atomic E-state index is -3.55. The molecule has 0 amide bonds. The zero-order valence-electron chi connectivity index (χ0n) is 14.0. The van der Waals surface area contributed by atoms with Gasteiger partial charge in [-0.1, -0.05) is 18.2 Å². The van der Waals surface area contributed by atoms with Gasteiger partial charge in [0.05, 0.1) is 4.90 Å². The molecule has 1 unspecified atom stereocenters. The van der Waals surface area contributed by atoms with E-state index in [0.717, 1.165) is 11.9 Å². The van der Waals surface area contributed by atoms with Gasteiger partial charge in [-0.3, -0.25) is 0 Å². The van der Waals surface area contributed by atoms with E-state index in [1.807, 2.05) is 24.4 Å². The van der Waals surface area contributed by atoms with Gasteiger partial charge in [0.15, 0.2) is 11.5 Å². The summed E-state index contributed by atoms with van der Waals surface area (Å²) in [5, 5.41) is 1.17. The average Bonchev–Trinajstić information content (AvgIpc) is 3.38. The van der Waals surface area contributed by atoms with Crippen molar-refractivity contribution in [3.8, 4) is 11.5 Å². The van der Waals surface area contributed by atoms with E-state index in [9.17, 15) is 8.42 Å². The summed E-state index contributed by atoms with van der Waals surface area (Å²) in [7, 11) is -3.55. The minimum absolute atomic E-state index is 0.130. The zero-order valence-corrected chi connectivity index (χ0v) is 14.8. The number of sulfonamides is 1. The fourth-order valence-electron chi connectivity index (χ4n) is 3.82. The predicted octanol–water partition coefficient (Wildman–Crippen LogP) is 3.07. The molecule has 134 valence electrons. The fourth-order valence-corrected chi connectivity index (χ4v) is 5.33. The second-order valence-electron chi connectivity index (χ2n) is 6.65. The van der Waals surface area contributed by atoms with Crippen molar-refractivity contribution in [2.45, 2.75) is 17.2 Å². The number of hydrogen-bond donors (Lipinski definition) is 1. The molecule has 1 aromatic heterocycles. The normalized spacial score (nSPS) is 20.1. The summed E-state index contributed by atoms with van der Waals surface area (Å²) in [6, 6.07) is 12.9. The van der Waals surface area contributed by atoms with Crippen molar-refractivity contribution in [2.75, 3.05) is 19.9 Å². The van der Waals surface area contributed by atoms with Crippen LogP contribution in [0.3, 0.4) is 0 Å². The minimum Gasteiger partial charge on any atom is -0.454 e. The topological polar surface area (TPSA) is 71.6 Å². The maximum Gasteiger partial charge on any atom is 0.243 e. The van der Waals surface area contributed by atoms with Crippen LogP contribution in [0.15, 0.2) is 53.6 Å². The smallest absolute Gasteiger partial charge is 0.243 e. The second-order valence-corrected chi connectivity index (χ2v) is 8.59. The number of rotatable bonds is 3. The molecule has 1 atom stereocenters. The molecular formula is C19H18N2O4S. The molecule has 1 saturated heterocycles. The largest absolute Gasteiger partial charge is 0.454 e. The van der Waals surface area contributed by atoms with E-state index in [1.165, 1.54) is 10.9 Å². The third kappa shape index (κ3) is 2.39. The Morgan fingerprint density at radius 1 is 1.08 bits per heavy atom. The van der Waals surface area contributed by atoms with Crippen molar-refractivity contribution in [1.29, 1.82) is 0 Å². The first-order chi connectivity index (χ1) is 12.6. The van der Waals surface area contributed by atoms with E-state index < -0.39 is 10.0 Å². The highest BCUT2D eigenvalue weighted by Gasteiger charge is 2.34. The van der Waals surface area contributed by atoms with Crippen LogP contribution in [0.1, 0.15) is 17.9 Å². The Morgan fingerprint density at radius 3 is 2.85 bits per heavy atom. The Morgan fingerprint density at radius 2 is 1.92 bits per heavy atom. The number of benzene rings is 2. The number of H-pyrrole nitrogens is 1. The van der Waals surface area contributed by atoms with Gasteiger partial charge in [-0.25, -0.2) is 8.42 Å². The van der Waals surface area contributed by atoms with Crippen LogP contribution < -0.4 is 9.47 Å². The van der Waals surface area contributed by atoms with Gasteiger partial charge in [-0.2, -0.15) is 4.31 Å². The molecule has 3 heterocycles. The summed E-state index contributed by atoms with van der Waals surface area (Å²) in [6.45, 7) is 1.13. The number of nitrogens with zero attached hydrogens (tertiary/aromatic N) is 1. The first-order valence-corrected chi connectivity index (χ1v) is 10.0. The molecule has 1 N–H and O–H groups in total. The van der Waals surface area contributed by atoms with E-state index in [0.29, 0.717) is 24.6 Å². The quantitative estimate of drug-likeness (QED) is 0.769. The van der Waals surface area contributed by atoms with Crippen molar-refractivity contribution in [1.82, 2.24) is 9.29 Å². The summed E-state index contributed by atoms with van der Waals surface area (Å²) in [5.74, 6) is 1.26. The summed E-state index contributed by atoms with van der Waals surface area (Å²) in [4.78, 5) is 3.53. The number of ether oxygens (including phenoxy) is 2. The fraction of sp³-hybridized carbons (Fsp3) is 0.263. The number of nitrogens with one attached hydrogen (secondary N) is 1. The van der Waals surface area contributed by atoms with E-state index in [2.05, 4.69) is 11.1 Å².